The summed E-state index contributed by atoms with van der Waals surface area (Å²) in [5, 5.41) is 14.8. The highest BCUT2D eigenvalue weighted by atomic mass is 16.2. The van der Waals surface area contributed by atoms with Gasteiger partial charge in [-0.05, 0) is 18.1 Å². The highest BCUT2D eigenvalue weighted by molar-refractivity contribution is 6.34. The number of hydrogen-bond donors (Lipinski definition) is 1. The fourth-order valence-corrected chi connectivity index (χ4v) is 3.77. The zero-order chi connectivity index (χ0) is 20.3. The van der Waals surface area contributed by atoms with E-state index in [1.165, 1.54) is 4.90 Å². The number of amides is 2. The quantitative estimate of drug-likeness (QED) is 0.663. The highest BCUT2D eigenvalue weighted by Crippen LogP contribution is 2.43. The van der Waals surface area contributed by atoms with Crippen molar-refractivity contribution in [1.29, 1.82) is 5.26 Å². The van der Waals surface area contributed by atoms with Gasteiger partial charge in [0.2, 0.25) is 11.8 Å². The van der Waals surface area contributed by atoms with E-state index in [2.05, 4.69) is 20.4 Å². The maximum atomic E-state index is 12.9. The molecule has 1 N–H and O–H groups in total. The minimum absolute atomic E-state index is 0.103. The standard InChI is InChI=1S/C19H14BN7O2/c1-10-7-26(18(29)19(10,20)9-21)17-14-2-3-23-27(14)8-13(24-17)12-4-11-5-15(28)25-16(11)22-6-12/h2-4,6,8,10H,5,7H2,1H3,(H,22,25,28)/t10-,19?/m1/s1. The van der Waals surface area contributed by atoms with Gasteiger partial charge in [0.15, 0.2) is 5.82 Å². The molecule has 29 heavy (non-hydrogen) atoms. The molecule has 140 valence electrons. The van der Waals surface area contributed by atoms with Gasteiger partial charge in [-0.2, -0.15) is 10.4 Å². The molecular formula is C19H14BN7O2. The van der Waals surface area contributed by atoms with Crippen LogP contribution in [0.2, 0.25) is 5.31 Å². The van der Waals surface area contributed by atoms with Crippen LogP contribution < -0.4 is 10.2 Å². The molecule has 2 aliphatic heterocycles. The molecule has 0 aromatic carbocycles. The Morgan fingerprint density at radius 2 is 2.24 bits per heavy atom. The Morgan fingerprint density at radius 1 is 1.41 bits per heavy atom. The van der Waals surface area contributed by atoms with Crippen molar-refractivity contribution in [1.82, 2.24) is 19.6 Å². The molecule has 3 aromatic rings. The van der Waals surface area contributed by atoms with Crippen LogP contribution in [0.4, 0.5) is 11.6 Å². The average Bonchev–Trinajstić information content (AvgIpc) is 3.39. The Bertz CT molecular complexity index is 1250. The lowest BCUT2D eigenvalue weighted by atomic mass is 9.63. The fourth-order valence-electron chi connectivity index (χ4n) is 3.77. The number of carbonyl (C=O) groups excluding carboxylic acids is 2. The lowest BCUT2D eigenvalue weighted by molar-refractivity contribution is -0.118. The van der Waals surface area contributed by atoms with E-state index in [9.17, 15) is 14.9 Å². The molecule has 1 fully saturated rings. The van der Waals surface area contributed by atoms with Gasteiger partial charge >= 0.3 is 0 Å². The molecule has 5 heterocycles. The van der Waals surface area contributed by atoms with Gasteiger partial charge in [0.05, 0.1) is 35.9 Å². The van der Waals surface area contributed by atoms with Crippen LogP contribution in [0, 0.1) is 17.2 Å². The second kappa shape index (κ2) is 5.88. The number of nitrogens with one attached hydrogen (secondary N) is 1. The topological polar surface area (TPSA) is 116 Å². The Hall–Kier alpha value is -3.74. The SMILES string of the molecule is [B]C1(C#N)C(=O)N(c2nc(-c3cnc4c(c3)CC(=O)N4)cn3nccc23)C[C@H]1C. The first-order valence-electron chi connectivity index (χ1n) is 9.06. The maximum Gasteiger partial charge on any atom is 0.239 e. The van der Waals surface area contributed by atoms with Crippen LogP contribution in [0.15, 0.2) is 30.7 Å². The fraction of sp³-hybridized carbons (Fsp3) is 0.263. The van der Waals surface area contributed by atoms with E-state index in [4.69, 9.17) is 7.85 Å². The lowest BCUT2D eigenvalue weighted by Gasteiger charge is -2.19. The van der Waals surface area contributed by atoms with E-state index in [0.29, 0.717) is 28.4 Å². The first kappa shape index (κ1) is 17.4. The van der Waals surface area contributed by atoms with E-state index in [1.807, 2.05) is 12.1 Å². The molecule has 10 heteroatoms. The van der Waals surface area contributed by atoms with Gasteiger partial charge in [-0.15, -0.1) is 0 Å². The Morgan fingerprint density at radius 3 is 3.00 bits per heavy atom. The molecule has 0 spiro atoms. The largest absolute Gasteiger partial charge is 0.310 e. The minimum atomic E-state index is -1.59. The summed E-state index contributed by atoms with van der Waals surface area (Å²) in [5.41, 5.74) is 2.64. The third kappa shape index (κ3) is 2.44. The third-order valence-corrected chi connectivity index (χ3v) is 5.51. The van der Waals surface area contributed by atoms with Gasteiger partial charge < -0.3 is 5.32 Å². The van der Waals surface area contributed by atoms with Crippen molar-refractivity contribution in [3.8, 4) is 17.3 Å². The van der Waals surface area contributed by atoms with E-state index < -0.39 is 11.2 Å². The number of rotatable bonds is 2. The lowest BCUT2D eigenvalue weighted by Crippen LogP contribution is -2.31. The number of aromatic nitrogens is 4. The molecule has 9 nitrogen and oxygen atoms in total. The van der Waals surface area contributed by atoms with Crippen molar-refractivity contribution in [2.75, 3.05) is 16.8 Å². The Balaban J connectivity index is 1.64. The van der Waals surface area contributed by atoms with Crippen molar-refractivity contribution in [3.63, 3.8) is 0 Å². The molecule has 2 aliphatic rings. The van der Waals surface area contributed by atoms with Crippen molar-refractivity contribution in [3.05, 3.63) is 36.3 Å². The monoisotopic (exact) mass is 383 g/mol. The molecule has 0 saturated carbocycles. The molecule has 5 rings (SSSR count). The summed E-state index contributed by atoms with van der Waals surface area (Å²) in [4.78, 5) is 35.0. The highest BCUT2D eigenvalue weighted by Gasteiger charge is 2.49. The molecule has 3 aromatic heterocycles. The zero-order valence-corrected chi connectivity index (χ0v) is 15.5. The number of carbonyl (C=O) groups is 2. The summed E-state index contributed by atoms with van der Waals surface area (Å²) in [6.45, 7) is 2.05. The zero-order valence-electron chi connectivity index (χ0n) is 15.5. The van der Waals surface area contributed by atoms with Gasteiger partial charge in [0.1, 0.15) is 19.2 Å². The second-order valence-corrected chi connectivity index (χ2v) is 7.37. The van der Waals surface area contributed by atoms with Gasteiger partial charge in [-0.3, -0.25) is 14.5 Å². The van der Waals surface area contributed by atoms with Crippen molar-refractivity contribution in [2.45, 2.75) is 18.7 Å². The van der Waals surface area contributed by atoms with Crippen LogP contribution >= 0.6 is 0 Å². The maximum absolute atomic E-state index is 12.9. The normalized spacial score (nSPS) is 23.3. The number of fused-ring (bicyclic) bond motifs is 2. The summed E-state index contributed by atoms with van der Waals surface area (Å²) in [5.74, 6) is -0.0127. The van der Waals surface area contributed by atoms with Gasteiger partial charge in [-0.1, -0.05) is 6.92 Å². The molecule has 1 unspecified atom stereocenters. The van der Waals surface area contributed by atoms with Crippen molar-refractivity contribution >= 4 is 36.8 Å². The molecule has 1 saturated heterocycles. The summed E-state index contributed by atoms with van der Waals surface area (Å²) >= 11 is 0. The minimum Gasteiger partial charge on any atom is -0.310 e. The van der Waals surface area contributed by atoms with Crippen LogP contribution in [0.1, 0.15) is 12.5 Å². The van der Waals surface area contributed by atoms with Crippen LogP contribution in [0.3, 0.4) is 0 Å². The number of nitriles is 1. The smallest absolute Gasteiger partial charge is 0.239 e. The summed E-state index contributed by atoms with van der Waals surface area (Å²) < 4.78 is 1.62. The van der Waals surface area contributed by atoms with E-state index in [0.717, 1.165) is 5.56 Å². The van der Waals surface area contributed by atoms with Gasteiger partial charge in [0, 0.05) is 23.9 Å². The summed E-state index contributed by atoms with van der Waals surface area (Å²) in [6.07, 6.45) is 5.21. The third-order valence-electron chi connectivity index (χ3n) is 5.51. The number of hydrogen-bond acceptors (Lipinski definition) is 6. The number of anilines is 2. The van der Waals surface area contributed by atoms with E-state index in [-0.39, 0.29) is 24.8 Å². The van der Waals surface area contributed by atoms with Gasteiger partial charge in [-0.25, -0.2) is 14.5 Å². The molecule has 2 atom stereocenters. The molecule has 2 radical (unpaired) electrons. The van der Waals surface area contributed by atoms with Crippen molar-refractivity contribution in [2.24, 2.45) is 5.92 Å². The average molecular weight is 383 g/mol. The second-order valence-electron chi connectivity index (χ2n) is 7.37. The molecule has 0 aliphatic carbocycles. The van der Waals surface area contributed by atoms with E-state index in [1.54, 1.807) is 36.1 Å². The van der Waals surface area contributed by atoms with Crippen LogP contribution in [-0.2, 0) is 16.0 Å². The van der Waals surface area contributed by atoms with Crippen LogP contribution in [0.25, 0.3) is 16.8 Å². The molecular weight excluding hydrogens is 369 g/mol. The summed E-state index contributed by atoms with van der Waals surface area (Å²) in [6, 6.07) is 5.54. The molecule has 0 bridgehead atoms. The summed E-state index contributed by atoms with van der Waals surface area (Å²) in [7, 11) is 6.06. The first-order valence-corrected chi connectivity index (χ1v) is 9.06. The predicted molar refractivity (Wildman–Crippen MR) is 104 cm³/mol. The van der Waals surface area contributed by atoms with E-state index >= 15 is 0 Å². The van der Waals surface area contributed by atoms with Gasteiger partial charge in [0.25, 0.3) is 0 Å². The van der Waals surface area contributed by atoms with Crippen molar-refractivity contribution < 1.29 is 9.59 Å². The Kier molecular flexibility index (Phi) is 3.52. The first-order chi connectivity index (χ1) is 13.9. The predicted octanol–water partition coefficient (Wildman–Crippen LogP) is 1.12. The van der Waals surface area contributed by atoms with Crippen LogP contribution in [0.5, 0.6) is 0 Å². The Labute approximate surface area is 166 Å². The number of nitrogens with zero attached hydrogens (tertiary/aromatic N) is 6. The number of pyridine rings is 1. The molecule has 2 amide bonds. The van der Waals surface area contributed by atoms with Crippen LogP contribution in [-0.4, -0.2) is 45.8 Å².